The molecule has 2 N–H and O–H groups in total. The molecule has 1 aliphatic carbocycles. The lowest BCUT2D eigenvalue weighted by Crippen LogP contribution is -2.51. The van der Waals surface area contributed by atoms with Crippen molar-refractivity contribution in [3.63, 3.8) is 0 Å². The Morgan fingerprint density at radius 2 is 1.86 bits per heavy atom. The van der Waals surface area contributed by atoms with E-state index in [0.717, 1.165) is 12.5 Å². The topological polar surface area (TPSA) is 39.7 Å². The molecule has 0 atom stereocenters. The van der Waals surface area contributed by atoms with Gasteiger partial charge in [0.05, 0.1) is 0 Å². The number of nitrogens with zero attached hydrogens (tertiary/aromatic N) is 2. The number of hydrogen-bond donors (Lipinski definition) is 2. The lowest BCUT2D eigenvalue weighted by Gasteiger charge is -2.36. The van der Waals surface area contributed by atoms with Crippen LogP contribution in [0.5, 0.6) is 0 Å². The Morgan fingerprint density at radius 3 is 2.36 bits per heavy atom. The van der Waals surface area contributed by atoms with E-state index in [9.17, 15) is 0 Å². The molecule has 4 heteroatoms. The fourth-order valence-corrected chi connectivity index (χ4v) is 4.00. The van der Waals surface area contributed by atoms with Crippen molar-refractivity contribution in [2.24, 2.45) is 10.4 Å². The van der Waals surface area contributed by atoms with Crippen molar-refractivity contribution in [3.8, 4) is 0 Å². The first kappa shape index (κ1) is 17.6. The molecule has 0 aromatic rings. The third-order valence-electron chi connectivity index (χ3n) is 5.87. The second kappa shape index (κ2) is 8.19. The standard InChI is InChI=1S/C18H36N4/c1-5-18(10-6-7-11-18)14-20-17(19-4)21-16-8-12-22(13-9-16)15(2)3/h15-16H,5-14H2,1-4H3,(H2,19,20,21). The van der Waals surface area contributed by atoms with E-state index in [-0.39, 0.29) is 0 Å². The van der Waals surface area contributed by atoms with Gasteiger partial charge in [-0.1, -0.05) is 19.8 Å². The highest BCUT2D eigenvalue weighted by Crippen LogP contribution is 2.40. The first-order chi connectivity index (χ1) is 10.6. The van der Waals surface area contributed by atoms with Crippen molar-refractivity contribution >= 4 is 5.96 Å². The van der Waals surface area contributed by atoms with Crippen molar-refractivity contribution in [1.29, 1.82) is 0 Å². The van der Waals surface area contributed by atoms with Gasteiger partial charge in [-0.25, -0.2) is 0 Å². The van der Waals surface area contributed by atoms with Crippen molar-refractivity contribution in [2.45, 2.75) is 77.8 Å². The molecule has 0 aromatic heterocycles. The SMILES string of the molecule is CCC1(CNC(=NC)NC2CCN(C(C)C)CC2)CCCC1. The Morgan fingerprint density at radius 1 is 1.23 bits per heavy atom. The molecule has 1 saturated heterocycles. The third-order valence-corrected chi connectivity index (χ3v) is 5.87. The van der Waals surface area contributed by atoms with E-state index < -0.39 is 0 Å². The van der Waals surface area contributed by atoms with Crippen molar-refractivity contribution in [1.82, 2.24) is 15.5 Å². The van der Waals surface area contributed by atoms with Crippen LogP contribution in [0.3, 0.4) is 0 Å². The summed E-state index contributed by atoms with van der Waals surface area (Å²) in [7, 11) is 1.89. The zero-order chi connectivity index (χ0) is 16.0. The van der Waals surface area contributed by atoms with Gasteiger partial charge in [0.15, 0.2) is 5.96 Å². The third kappa shape index (κ3) is 4.61. The fraction of sp³-hybridized carbons (Fsp3) is 0.944. The van der Waals surface area contributed by atoms with E-state index in [1.54, 1.807) is 0 Å². The zero-order valence-corrected chi connectivity index (χ0v) is 15.1. The summed E-state index contributed by atoms with van der Waals surface area (Å²) >= 11 is 0. The monoisotopic (exact) mass is 308 g/mol. The number of aliphatic imine (C=N–C) groups is 1. The number of hydrogen-bond acceptors (Lipinski definition) is 2. The van der Waals surface area contributed by atoms with Crippen LogP contribution in [0.1, 0.15) is 65.7 Å². The van der Waals surface area contributed by atoms with Gasteiger partial charge >= 0.3 is 0 Å². The summed E-state index contributed by atoms with van der Waals surface area (Å²) in [5.74, 6) is 1.00. The van der Waals surface area contributed by atoms with Crippen LogP contribution in [0.15, 0.2) is 4.99 Å². The van der Waals surface area contributed by atoms with Crippen LogP contribution in [0.25, 0.3) is 0 Å². The minimum atomic E-state index is 0.513. The molecule has 0 radical (unpaired) electrons. The van der Waals surface area contributed by atoms with Crippen molar-refractivity contribution in [2.75, 3.05) is 26.7 Å². The molecule has 1 aliphatic heterocycles. The molecule has 1 heterocycles. The van der Waals surface area contributed by atoms with Gasteiger partial charge in [-0.2, -0.15) is 0 Å². The summed E-state index contributed by atoms with van der Waals surface area (Å²) in [6.07, 6.45) is 9.27. The predicted molar refractivity (Wildman–Crippen MR) is 95.4 cm³/mol. The Balaban J connectivity index is 1.76. The maximum absolute atomic E-state index is 4.44. The van der Waals surface area contributed by atoms with Gasteiger partial charge in [0, 0.05) is 38.8 Å². The first-order valence-electron chi connectivity index (χ1n) is 9.30. The van der Waals surface area contributed by atoms with Gasteiger partial charge in [0.2, 0.25) is 0 Å². The molecule has 4 nitrogen and oxygen atoms in total. The molecule has 0 aromatic carbocycles. The predicted octanol–water partition coefficient (Wildman–Crippen LogP) is 2.99. The first-order valence-corrected chi connectivity index (χ1v) is 9.30. The molecule has 22 heavy (non-hydrogen) atoms. The Bertz CT molecular complexity index is 350. The number of nitrogens with one attached hydrogen (secondary N) is 2. The Kier molecular flexibility index (Phi) is 6.54. The van der Waals surface area contributed by atoms with Gasteiger partial charge in [-0.15, -0.1) is 0 Å². The molecule has 1 saturated carbocycles. The summed E-state index contributed by atoms with van der Waals surface area (Å²) in [5.41, 5.74) is 0.513. The highest BCUT2D eigenvalue weighted by atomic mass is 15.2. The van der Waals surface area contributed by atoms with Gasteiger partial charge < -0.3 is 15.5 Å². The Hall–Kier alpha value is -0.770. The summed E-state index contributed by atoms with van der Waals surface area (Å²) < 4.78 is 0. The van der Waals surface area contributed by atoms with Gasteiger partial charge in [-0.05, 0) is 51.4 Å². The van der Waals surface area contributed by atoms with E-state index in [0.29, 0.717) is 17.5 Å². The number of rotatable bonds is 5. The second-order valence-corrected chi connectivity index (χ2v) is 7.53. The molecule has 0 unspecified atom stereocenters. The van der Waals surface area contributed by atoms with E-state index in [2.05, 4.69) is 41.3 Å². The van der Waals surface area contributed by atoms with Crippen LogP contribution in [-0.4, -0.2) is 49.6 Å². The molecular formula is C18H36N4. The van der Waals surface area contributed by atoms with E-state index in [4.69, 9.17) is 0 Å². The quantitative estimate of drug-likeness (QED) is 0.606. The second-order valence-electron chi connectivity index (χ2n) is 7.53. The average molecular weight is 309 g/mol. The summed E-state index contributed by atoms with van der Waals surface area (Å²) in [6.45, 7) is 10.4. The summed E-state index contributed by atoms with van der Waals surface area (Å²) in [5, 5.41) is 7.25. The molecule has 128 valence electrons. The fourth-order valence-electron chi connectivity index (χ4n) is 4.00. The highest BCUT2D eigenvalue weighted by molar-refractivity contribution is 5.80. The highest BCUT2D eigenvalue weighted by Gasteiger charge is 2.32. The minimum absolute atomic E-state index is 0.513. The van der Waals surface area contributed by atoms with Crippen LogP contribution in [-0.2, 0) is 0 Å². The normalized spacial score (nSPS) is 24.0. The van der Waals surface area contributed by atoms with Crippen LogP contribution in [0.4, 0.5) is 0 Å². The van der Waals surface area contributed by atoms with Crippen LogP contribution in [0.2, 0.25) is 0 Å². The maximum Gasteiger partial charge on any atom is 0.191 e. The maximum atomic E-state index is 4.44. The number of piperidine rings is 1. The number of guanidine groups is 1. The van der Waals surface area contributed by atoms with Crippen molar-refractivity contribution in [3.05, 3.63) is 0 Å². The van der Waals surface area contributed by atoms with Crippen molar-refractivity contribution < 1.29 is 0 Å². The zero-order valence-electron chi connectivity index (χ0n) is 15.1. The lowest BCUT2D eigenvalue weighted by atomic mass is 9.83. The summed E-state index contributed by atoms with van der Waals surface area (Å²) in [6, 6.07) is 1.24. The lowest BCUT2D eigenvalue weighted by molar-refractivity contribution is 0.167. The molecule has 2 rings (SSSR count). The van der Waals surface area contributed by atoms with Crippen LogP contribution in [0, 0.1) is 5.41 Å². The van der Waals surface area contributed by atoms with E-state index in [1.165, 1.54) is 58.0 Å². The molecule has 0 amide bonds. The largest absolute Gasteiger partial charge is 0.356 e. The smallest absolute Gasteiger partial charge is 0.191 e. The molecule has 2 aliphatic rings. The molecular weight excluding hydrogens is 272 g/mol. The van der Waals surface area contributed by atoms with E-state index in [1.807, 2.05) is 7.05 Å². The van der Waals surface area contributed by atoms with Crippen LogP contribution >= 0.6 is 0 Å². The minimum Gasteiger partial charge on any atom is -0.356 e. The average Bonchev–Trinajstić information content (AvgIpc) is 3.01. The van der Waals surface area contributed by atoms with Gasteiger partial charge in [-0.3, -0.25) is 4.99 Å². The number of likely N-dealkylation sites (tertiary alicyclic amines) is 1. The molecule has 2 fully saturated rings. The van der Waals surface area contributed by atoms with E-state index >= 15 is 0 Å². The van der Waals surface area contributed by atoms with Crippen LogP contribution < -0.4 is 10.6 Å². The van der Waals surface area contributed by atoms with Gasteiger partial charge in [0.1, 0.15) is 0 Å². The summed E-state index contributed by atoms with van der Waals surface area (Å²) in [4.78, 5) is 7.01. The van der Waals surface area contributed by atoms with Gasteiger partial charge in [0.25, 0.3) is 0 Å². The molecule has 0 spiro atoms. The Labute approximate surface area is 137 Å². The molecule has 0 bridgehead atoms.